The second kappa shape index (κ2) is 8.50. The number of para-hydroxylation sites is 1. The fourth-order valence-electron chi connectivity index (χ4n) is 3.12. The molecule has 0 saturated heterocycles. The smallest absolute Gasteiger partial charge is 0.244 e. The normalized spacial score (nSPS) is 19.4. The fraction of sp³-hybridized carbons (Fsp3) is 0.556. The van der Waals surface area contributed by atoms with Gasteiger partial charge in [-0.1, -0.05) is 69.1 Å². The quantitative estimate of drug-likeness (QED) is 0.227. The van der Waals surface area contributed by atoms with Gasteiger partial charge in [0.1, 0.15) is 0 Å². The Morgan fingerprint density at radius 1 is 1.08 bits per heavy atom. The van der Waals surface area contributed by atoms with E-state index in [1.165, 1.54) is 19.3 Å². The average molecular weight is 328 g/mol. The maximum Gasteiger partial charge on any atom is 0.244 e. The molecule has 1 amide bonds. The largest absolute Gasteiger partial charge is 0.324 e. The number of carbonyl (C=O) groups is 2. The van der Waals surface area contributed by atoms with Crippen molar-refractivity contribution >= 4 is 17.4 Å². The van der Waals surface area contributed by atoms with Gasteiger partial charge in [0, 0.05) is 10.5 Å². The molecular weight excluding hydrogens is 304 g/mol. The predicted molar refractivity (Wildman–Crippen MR) is 93.9 cm³/mol. The fourth-order valence-corrected chi connectivity index (χ4v) is 3.12. The molecule has 24 heavy (non-hydrogen) atoms. The number of unbranched alkanes of at least 4 members (excludes halogenated alkanes) is 6. The van der Waals surface area contributed by atoms with Crippen LogP contribution in [0.2, 0.25) is 0 Å². The molecule has 1 aliphatic rings. The number of anilines is 1. The van der Waals surface area contributed by atoms with Crippen LogP contribution in [0.1, 0.15) is 68.6 Å². The van der Waals surface area contributed by atoms with Crippen LogP contribution in [-0.2, 0) is 4.79 Å². The van der Waals surface area contributed by atoms with Crippen molar-refractivity contribution in [3.05, 3.63) is 40.3 Å². The van der Waals surface area contributed by atoms with Crippen LogP contribution in [0.5, 0.6) is 0 Å². The highest BCUT2D eigenvalue weighted by molar-refractivity contribution is 6.27. The van der Waals surface area contributed by atoms with E-state index in [1.54, 1.807) is 24.3 Å². The molecule has 1 aliphatic heterocycles. The van der Waals surface area contributed by atoms with Crippen molar-refractivity contribution in [2.45, 2.75) is 63.8 Å². The molecular formula is C18H24N4O2. The van der Waals surface area contributed by atoms with Crippen molar-refractivity contribution < 1.29 is 9.59 Å². The Labute approximate surface area is 142 Å². The summed E-state index contributed by atoms with van der Waals surface area (Å²) in [6, 6.07) is 6.83. The van der Waals surface area contributed by atoms with Gasteiger partial charge in [-0.2, -0.15) is 0 Å². The van der Waals surface area contributed by atoms with Gasteiger partial charge >= 0.3 is 0 Å². The number of carbonyl (C=O) groups excluding carboxylic acids is 2. The molecule has 0 spiro atoms. The SMILES string of the molecule is CCCCCCCCCC1(N=[N+]=[N-])C(=O)Nc2ccccc2C1=O. The average Bonchev–Trinajstić information content (AvgIpc) is 2.59. The molecule has 1 heterocycles. The minimum absolute atomic E-state index is 0.254. The number of Topliss-reactive ketones (excluding diaryl/α,β-unsaturated/α-hetero) is 1. The highest BCUT2D eigenvalue weighted by Gasteiger charge is 2.48. The number of rotatable bonds is 9. The van der Waals surface area contributed by atoms with Gasteiger partial charge in [0.15, 0.2) is 11.3 Å². The molecule has 1 atom stereocenters. The summed E-state index contributed by atoms with van der Waals surface area (Å²) < 4.78 is 0. The summed E-state index contributed by atoms with van der Waals surface area (Å²) in [6.07, 6.45) is 7.74. The molecule has 0 radical (unpaired) electrons. The molecule has 0 bridgehead atoms. The van der Waals surface area contributed by atoms with E-state index in [1.807, 2.05) is 0 Å². The van der Waals surface area contributed by atoms with Gasteiger partial charge in [-0.25, -0.2) is 0 Å². The summed E-state index contributed by atoms with van der Waals surface area (Å²) in [7, 11) is 0. The van der Waals surface area contributed by atoms with E-state index in [-0.39, 0.29) is 6.42 Å². The van der Waals surface area contributed by atoms with E-state index >= 15 is 0 Å². The van der Waals surface area contributed by atoms with Gasteiger partial charge in [0.2, 0.25) is 5.91 Å². The summed E-state index contributed by atoms with van der Waals surface area (Å²) in [4.78, 5) is 28.1. The molecule has 6 heteroatoms. The van der Waals surface area contributed by atoms with Crippen LogP contribution in [0.3, 0.4) is 0 Å². The minimum atomic E-state index is -1.65. The molecule has 128 valence electrons. The number of fused-ring (bicyclic) bond motifs is 1. The van der Waals surface area contributed by atoms with E-state index < -0.39 is 17.2 Å². The number of amides is 1. The van der Waals surface area contributed by atoms with Crippen LogP contribution in [-0.4, -0.2) is 17.2 Å². The topological polar surface area (TPSA) is 94.9 Å². The van der Waals surface area contributed by atoms with Crippen molar-refractivity contribution in [1.29, 1.82) is 0 Å². The maximum atomic E-state index is 12.8. The lowest BCUT2D eigenvalue weighted by Crippen LogP contribution is -2.51. The molecule has 2 rings (SSSR count). The van der Waals surface area contributed by atoms with Gasteiger partial charge in [0.25, 0.3) is 0 Å². The number of azide groups is 1. The molecule has 1 aromatic carbocycles. The first-order chi connectivity index (χ1) is 11.7. The van der Waals surface area contributed by atoms with E-state index in [0.29, 0.717) is 17.7 Å². The lowest BCUT2D eigenvalue weighted by molar-refractivity contribution is -0.120. The van der Waals surface area contributed by atoms with Crippen LogP contribution in [0, 0.1) is 0 Å². The third kappa shape index (κ3) is 3.77. The van der Waals surface area contributed by atoms with Crippen LogP contribution < -0.4 is 5.32 Å². The Bertz CT molecular complexity index is 652. The third-order valence-corrected chi connectivity index (χ3v) is 4.53. The highest BCUT2D eigenvalue weighted by Crippen LogP contribution is 2.34. The molecule has 0 saturated carbocycles. The Morgan fingerprint density at radius 3 is 2.46 bits per heavy atom. The lowest BCUT2D eigenvalue weighted by atomic mass is 9.81. The first-order valence-corrected chi connectivity index (χ1v) is 8.67. The van der Waals surface area contributed by atoms with Crippen LogP contribution in [0.15, 0.2) is 29.4 Å². The molecule has 1 unspecified atom stereocenters. The first-order valence-electron chi connectivity index (χ1n) is 8.67. The number of nitrogens with one attached hydrogen (secondary N) is 1. The zero-order chi connectivity index (χ0) is 17.4. The number of nitrogens with zero attached hydrogens (tertiary/aromatic N) is 3. The summed E-state index contributed by atoms with van der Waals surface area (Å²) >= 11 is 0. The lowest BCUT2D eigenvalue weighted by Gasteiger charge is -2.31. The second-order valence-corrected chi connectivity index (χ2v) is 6.25. The minimum Gasteiger partial charge on any atom is -0.324 e. The third-order valence-electron chi connectivity index (χ3n) is 4.53. The number of hydrogen-bond acceptors (Lipinski definition) is 3. The number of hydrogen-bond donors (Lipinski definition) is 1. The Balaban J connectivity index is 2.06. The van der Waals surface area contributed by atoms with Crippen molar-refractivity contribution in [2.24, 2.45) is 5.11 Å². The second-order valence-electron chi connectivity index (χ2n) is 6.25. The zero-order valence-corrected chi connectivity index (χ0v) is 14.1. The van der Waals surface area contributed by atoms with E-state index in [2.05, 4.69) is 22.3 Å². The van der Waals surface area contributed by atoms with Gasteiger partial charge in [0.05, 0.1) is 5.69 Å². The molecule has 1 N–H and O–H groups in total. The Hall–Kier alpha value is -2.33. The van der Waals surface area contributed by atoms with Crippen molar-refractivity contribution in [2.75, 3.05) is 5.32 Å². The highest BCUT2D eigenvalue weighted by atomic mass is 16.2. The van der Waals surface area contributed by atoms with E-state index in [4.69, 9.17) is 5.53 Å². The van der Waals surface area contributed by atoms with Crippen molar-refractivity contribution in [1.82, 2.24) is 0 Å². The van der Waals surface area contributed by atoms with Gasteiger partial charge < -0.3 is 5.32 Å². The molecule has 0 aromatic heterocycles. The first kappa shape index (κ1) is 18.0. The van der Waals surface area contributed by atoms with E-state index in [0.717, 1.165) is 19.3 Å². The van der Waals surface area contributed by atoms with Gasteiger partial charge in [-0.15, -0.1) is 0 Å². The van der Waals surface area contributed by atoms with Crippen LogP contribution in [0.25, 0.3) is 10.4 Å². The van der Waals surface area contributed by atoms with E-state index in [9.17, 15) is 9.59 Å². The maximum absolute atomic E-state index is 12.8. The zero-order valence-electron chi connectivity index (χ0n) is 14.1. The van der Waals surface area contributed by atoms with Crippen molar-refractivity contribution in [3.8, 4) is 0 Å². The standard InChI is InChI=1S/C18H24N4O2/c1-2-3-4-5-6-7-10-13-18(21-22-19)16(23)14-11-8-9-12-15(14)20-17(18)24/h8-9,11-12H,2-7,10,13H2,1H3,(H,20,24). The van der Waals surface area contributed by atoms with Crippen LogP contribution >= 0.6 is 0 Å². The summed E-state index contributed by atoms with van der Waals surface area (Å²) in [5, 5.41) is 6.35. The molecule has 0 fully saturated rings. The monoisotopic (exact) mass is 328 g/mol. The Morgan fingerprint density at radius 2 is 1.75 bits per heavy atom. The van der Waals surface area contributed by atoms with Gasteiger partial charge in [-0.3, -0.25) is 9.59 Å². The molecule has 6 nitrogen and oxygen atoms in total. The summed E-state index contributed by atoms with van der Waals surface area (Å²) in [5.74, 6) is -0.916. The number of ketones is 1. The number of benzene rings is 1. The predicted octanol–water partition coefficient (Wildman–Crippen LogP) is 5.01. The summed E-state index contributed by atoms with van der Waals surface area (Å²) in [6.45, 7) is 2.18. The van der Waals surface area contributed by atoms with Gasteiger partial charge in [-0.05, 0) is 24.1 Å². The Kier molecular flexibility index (Phi) is 6.38. The van der Waals surface area contributed by atoms with Crippen LogP contribution in [0.4, 0.5) is 5.69 Å². The molecule has 1 aromatic rings. The van der Waals surface area contributed by atoms with Crippen molar-refractivity contribution in [3.63, 3.8) is 0 Å². The molecule has 0 aliphatic carbocycles. The summed E-state index contributed by atoms with van der Waals surface area (Å²) in [5.41, 5.74) is 8.14.